The fraction of sp³-hybridized carbons (Fsp3) is 0.688. The van der Waals surface area contributed by atoms with Crippen LogP contribution in [0.2, 0.25) is 0 Å². The van der Waals surface area contributed by atoms with Crippen LogP contribution in [0.5, 0.6) is 0 Å². The van der Waals surface area contributed by atoms with E-state index in [1.54, 1.807) is 18.4 Å². The van der Waals surface area contributed by atoms with Crippen molar-refractivity contribution in [1.29, 1.82) is 0 Å². The molecule has 2 aliphatic heterocycles. The molecule has 1 amide bonds. The predicted molar refractivity (Wildman–Crippen MR) is 75.4 cm³/mol. The molecule has 0 bridgehead atoms. The van der Waals surface area contributed by atoms with Crippen molar-refractivity contribution < 1.29 is 9.21 Å². The van der Waals surface area contributed by atoms with Crippen molar-refractivity contribution in [3.63, 3.8) is 0 Å². The highest BCUT2D eigenvalue weighted by Crippen LogP contribution is 2.36. The van der Waals surface area contributed by atoms with Crippen LogP contribution in [0.4, 0.5) is 0 Å². The van der Waals surface area contributed by atoms with Gasteiger partial charge in [-0.05, 0) is 56.2 Å². The number of piperidine rings is 1. The molecule has 0 N–H and O–H groups in total. The van der Waals surface area contributed by atoms with E-state index in [-0.39, 0.29) is 5.91 Å². The van der Waals surface area contributed by atoms with E-state index in [0.717, 1.165) is 19.0 Å². The number of hydrogen-bond donors (Lipinski definition) is 0. The summed E-state index contributed by atoms with van der Waals surface area (Å²) in [5.41, 5.74) is 0. The minimum Gasteiger partial charge on any atom is -0.459 e. The van der Waals surface area contributed by atoms with Gasteiger partial charge in [0.15, 0.2) is 5.76 Å². The molecule has 1 aliphatic carbocycles. The van der Waals surface area contributed by atoms with Crippen molar-refractivity contribution in [2.24, 2.45) is 11.8 Å². The Morgan fingerprint density at radius 2 is 2.20 bits per heavy atom. The Morgan fingerprint density at radius 3 is 2.95 bits per heavy atom. The van der Waals surface area contributed by atoms with Gasteiger partial charge in [0, 0.05) is 25.7 Å². The van der Waals surface area contributed by atoms with Gasteiger partial charge in [-0.1, -0.05) is 0 Å². The molecular weight excluding hydrogens is 252 g/mol. The van der Waals surface area contributed by atoms with Crippen molar-refractivity contribution in [2.75, 3.05) is 26.2 Å². The largest absolute Gasteiger partial charge is 0.459 e. The molecule has 1 aromatic rings. The third-order valence-corrected chi connectivity index (χ3v) is 5.10. The Hall–Kier alpha value is -1.29. The number of amides is 1. The molecule has 3 fully saturated rings. The Labute approximate surface area is 119 Å². The van der Waals surface area contributed by atoms with Gasteiger partial charge in [-0.15, -0.1) is 0 Å². The fourth-order valence-electron chi connectivity index (χ4n) is 3.85. The number of carbonyl (C=O) groups excluding carboxylic acids is 1. The van der Waals surface area contributed by atoms with E-state index in [0.29, 0.717) is 17.7 Å². The molecule has 4 rings (SSSR count). The van der Waals surface area contributed by atoms with Crippen molar-refractivity contribution in [3.8, 4) is 0 Å². The fourth-order valence-corrected chi connectivity index (χ4v) is 3.85. The molecule has 108 valence electrons. The van der Waals surface area contributed by atoms with Gasteiger partial charge < -0.3 is 9.32 Å². The van der Waals surface area contributed by atoms with Gasteiger partial charge >= 0.3 is 0 Å². The van der Waals surface area contributed by atoms with Gasteiger partial charge in [0.05, 0.1) is 6.26 Å². The summed E-state index contributed by atoms with van der Waals surface area (Å²) < 4.78 is 5.26. The van der Waals surface area contributed by atoms with E-state index < -0.39 is 0 Å². The standard InChI is InChI=1S/C16H22N2O2/c19-16(15-4-2-8-20-15)18-10-13-3-1-7-17(14(13)11-18)9-12-5-6-12/h2,4,8,12-14H,1,3,5-7,9-11H2/t13-,14+/m0/s1. The van der Waals surface area contributed by atoms with Crippen LogP contribution in [0.1, 0.15) is 36.2 Å². The molecule has 3 aliphatic rings. The second kappa shape index (κ2) is 4.92. The number of fused-ring (bicyclic) bond motifs is 1. The van der Waals surface area contributed by atoms with Crippen LogP contribution in [0.3, 0.4) is 0 Å². The summed E-state index contributed by atoms with van der Waals surface area (Å²) in [6, 6.07) is 4.14. The summed E-state index contributed by atoms with van der Waals surface area (Å²) in [6.07, 6.45) is 6.95. The lowest BCUT2D eigenvalue weighted by atomic mass is 9.92. The van der Waals surface area contributed by atoms with Gasteiger partial charge in [0.1, 0.15) is 0 Å². The van der Waals surface area contributed by atoms with Crippen LogP contribution >= 0.6 is 0 Å². The van der Waals surface area contributed by atoms with Gasteiger partial charge in [-0.25, -0.2) is 0 Å². The molecule has 0 aromatic carbocycles. The van der Waals surface area contributed by atoms with Crippen LogP contribution < -0.4 is 0 Å². The van der Waals surface area contributed by atoms with Gasteiger partial charge in [0.25, 0.3) is 5.91 Å². The molecule has 3 heterocycles. The second-order valence-corrected chi connectivity index (χ2v) is 6.60. The molecule has 0 unspecified atom stereocenters. The van der Waals surface area contributed by atoms with Gasteiger partial charge in [-0.2, -0.15) is 0 Å². The van der Waals surface area contributed by atoms with Crippen molar-refractivity contribution in [1.82, 2.24) is 9.80 Å². The molecule has 1 aromatic heterocycles. The Bertz CT molecular complexity index is 481. The lowest BCUT2D eigenvalue weighted by molar-refractivity contribution is 0.0744. The highest BCUT2D eigenvalue weighted by Gasteiger charge is 2.42. The van der Waals surface area contributed by atoms with Gasteiger partial charge in [-0.3, -0.25) is 9.69 Å². The number of furan rings is 1. The number of rotatable bonds is 3. The molecule has 1 saturated carbocycles. The molecular formula is C16H22N2O2. The van der Waals surface area contributed by atoms with E-state index in [4.69, 9.17) is 4.42 Å². The predicted octanol–water partition coefficient (Wildman–Crippen LogP) is 2.23. The number of likely N-dealkylation sites (tertiary alicyclic amines) is 2. The van der Waals surface area contributed by atoms with E-state index >= 15 is 0 Å². The summed E-state index contributed by atoms with van der Waals surface area (Å²) in [7, 11) is 0. The zero-order chi connectivity index (χ0) is 13.5. The third kappa shape index (κ3) is 2.26. The Morgan fingerprint density at radius 1 is 1.30 bits per heavy atom. The topological polar surface area (TPSA) is 36.7 Å². The third-order valence-electron chi connectivity index (χ3n) is 5.10. The lowest BCUT2D eigenvalue weighted by Crippen LogP contribution is -2.46. The summed E-state index contributed by atoms with van der Waals surface area (Å²) in [5.74, 6) is 2.15. The zero-order valence-corrected chi connectivity index (χ0v) is 11.8. The van der Waals surface area contributed by atoms with Crippen molar-refractivity contribution in [3.05, 3.63) is 24.2 Å². The molecule has 2 saturated heterocycles. The molecule has 2 atom stereocenters. The molecule has 4 heteroatoms. The summed E-state index contributed by atoms with van der Waals surface area (Å²) in [6.45, 7) is 4.27. The van der Waals surface area contributed by atoms with Crippen molar-refractivity contribution in [2.45, 2.75) is 31.7 Å². The summed E-state index contributed by atoms with van der Waals surface area (Å²) in [4.78, 5) is 17.1. The maximum atomic E-state index is 12.4. The first-order valence-electron chi connectivity index (χ1n) is 7.88. The number of hydrogen-bond acceptors (Lipinski definition) is 3. The van der Waals surface area contributed by atoms with E-state index in [1.807, 2.05) is 4.90 Å². The maximum absolute atomic E-state index is 12.4. The highest BCUT2D eigenvalue weighted by atomic mass is 16.3. The molecule has 0 spiro atoms. The normalized spacial score (nSPS) is 30.5. The van der Waals surface area contributed by atoms with Crippen LogP contribution in [-0.2, 0) is 0 Å². The van der Waals surface area contributed by atoms with Gasteiger partial charge in [0.2, 0.25) is 0 Å². The minimum absolute atomic E-state index is 0.0655. The summed E-state index contributed by atoms with van der Waals surface area (Å²) >= 11 is 0. The first kappa shape index (κ1) is 12.5. The molecule has 4 nitrogen and oxygen atoms in total. The monoisotopic (exact) mass is 274 g/mol. The zero-order valence-electron chi connectivity index (χ0n) is 11.8. The van der Waals surface area contributed by atoms with Crippen LogP contribution in [-0.4, -0.2) is 47.9 Å². The highest BCUT2D eigenvalue weighted by molar-refractivity contribution is 5.91. The van der Waals surface area contributed by atoms with Crippen LogP contribution in [0.15, 0.2) is 22.8 Å². The minimum atomic E-state index is 0.0655. The molecule has 20 heavy (non-hydrogen) atoms. The quantitative estimate of drug-likeness (QED) is 0.848. The van der Waals surface area contributed by atoms with Crippen LogP contribution in [0, 0.1) is 11.8 Å². The Balaban J connectivity index is 1.45. The van der Waals surface area contributed by atoms with E-state index in [9.17, 15) is 4.79 Å². The average Bonchev–Trinajstić information content (AvgIpc) is 2.97. The first-order valence-corrected chi connectivity index (χ1v) is 7.88. The second-order valence-electron chi connectivity index (χ2n) is 6.60. The first-order chi connectivity index (χ1) is 9.81. The number of carbonyl (C=O) groups is 1. The van der Waals surface area contributed by atoms with E-state index in [2.05, 4.69) is 4.90 Å². The maximum Gasteiger partial charge on any atom is 0.289 e. The van der Waals surface area contributed by atoms with Crippen molar-refractivity contribution >= 4 is 5.91 Å². The number of nitrogens with zero attached hydrogens (tertiary/aromatic N) is 2. The smallest absolute Gasteiger partial charge is 0.289 e. The van der Waals surface area contributed by atoms with Crippen LogP contribution in [0.25, 0.3) is 0 Å². The lowest BCUT2D eigenvalue weighted by Gasteiger charge is -2.36. The SMILES string of the molecule is O=C(c1ccco1)N1C[C@@H]2CCCN(CC3CC3)[C@@H]2C1. The Kier molecular flexibility index (Phi) is 3.06. The summed E-state index contributed by atoms with van der Waals surface area (Å²) in [5, 5.41) is 0. The molecule has 0 radical (unpaired) electrons. The van der Waals surface area contributed by atoms with E-state index in [1.165, 1.54) is 38.8 Å². The average molecular weight is 274 g/mol.